The Morgan fingerprint density at radius 3 is 2.88 bits per heavy atom. The molecule has 94 valence electrons. The summed E-state index contributed by atoms with van der Waals surface area (Å²) in [6.07, 6.45) is 0.448. The van der Waals surface area contributed by atoms with Gasteiger partial charge in [-0.2, -0.15) is 0 Å². The van der Waals surface area contributed by atoms with Crippen LogP contribution in [-0.4, -0.2) is 21.5 Å². The highest BCUT2D eigenvalue weighted by molar-refractivity contribution is 9.11. The molecule has 1 N–H and O–H groups in total. The van der Waals surface area contributed by atoms with E-state index in [0.29, 0.717) is 15.2 Å². The molecule has 0 aromatic carbocycles. The van der Waals surface area contributed by atoms with Crippen molar-refractivity contribution < 1.29 is 8.42 Å². The average molecular weight is 360 g/mol. The van der Waals surface area contributed by atoms with Gasteiger partial charge in [-0.3, -0.25) is 0 Å². The maximum atomic E-state index is 11.7. The fourth-order valence-corrected chi connectivity index (χ4v) is 4.45. The van der Waals surface area contributed by atoms with Crippen LogP contribution in [0.25, 0.3) is 10.4 Å². The highest BCUT2D eigenvalue weighted by Crippen LogP contribution is 2.34. The Morgan fingerprint density at radius 2 is 2.35 bits per heavy atom. The molecule has 0 atom stereocenters. The monoisotopic (exact) mass is 358 g/mol. The topological polar surface area (TPSA) is 94.9 Å². The molecule has 0 radical (unpaired) electrons. The fourth-order valence-electron chi connectivity index (χ4n) is 0.931. The summed E-state index contributed by atoms with van der Waals surface area (Å²) in [7, 11) is -3.53. The summed E-state index contributed by atoms with van der Waals surface area (Å²) in [5.41, 5.74) is 8.04. The first-order valence-corrected chi connectivity index (χ1v) is 7.90. The van der Waals surface area contributed by atoms with Gasteiger partial charge in [-0.25, -0.2) is 13.1 Å². The number of thiophene rings is 1. The lowest BCUT2D eigenvalue weighted by atomic mass is 10.4. The standard InChI is InChI=1S/C7H8BrClN4O2S2/c8-7-5(9)4-6(16-7)17(14,15)12-3-1-2-11-13-10/h4,12H,1-3H2. The predicted octanol–water partition coefficient (Wildman–Crippen LogP) is 3.14. The van der Waals surface area contributed by atoms with Gasteiger partial charge in [-0.15, -0.1) is 11.3 Å². The van der Waals surface area contributed by atoms with Gasteiger partial charge >= 0.3 is 0 Å². The Morgan fingerprint density at radius 1 is 1.65 bits per heavy atom. The van der Waals surface area contributed by atoms with Crippen molar-refractivity contribution in [2.45, 2.75) is 10.6 Å². The number of nitrogens with zero attached hydrogens (tertiary/aromatic N) is 3. The molecule has 6 nitrogen and oxygen atoms in total. The van der Waals surface area contributed by atoms with Gasteiger partial charge in [0.05, 0.1) is 8.81 Å². The molecule has 10 heteroatoms. The van der Waals surface area contributed by atoms with E-state index < -0.39 is 10.0 Å². The number of rotatable bonds is 6. The Kier molecular flexibility index (Phi) is 5.71. The SMILES string of the molecule is [N-]=[N+]=NCCCNS(=O)(=O)c1cc(Cl)c(Br)s1. The van der Waals surface area contributed by atoms with Crippen LogP contribution in [0.2, 0.25) is 5.02 Å². The van der Waals surface area contributed by atoms with Gasteiger partial charge < -0.3 is 0 Å². The summed E-state index contributed by atoms with van der Waals surface area (Å²) < 4.78 is 26.6. The molecule has 0 unspecified atom stereocenters. The first-order chi connectivity index (χ1) is 7.97. The van der Waals surface area contributed by atoms with Crippen LogP contribution >= 0.6 is 38.9 Å². The van der Waals surface area contributed by atoms with Crippen molar-refractivity contribution in [3.63, 3.8) is 0 Å². The van der Waals surface area contributed by atoms with Crippen molar-refractivity contribution in [1.29, 1.82) is 0 Å². The number of hydrogen-bond donors (Lipinski definition) is 1. The first kappa shape index (κ1) is 14.7. The van der Waals surface area contributed by atoms with E-state index in [1.165, 1.54) is 6.07 Å². The van der Waals surface area contributed by atoms with Crippen LogP contribution < -0.4 is 4.72 Å². The maximum Gasteiger partial charge on any atom is 0.250 e. The quantitative estimate of drug-likeness (QED) is 0.365. The van der Waals surface area contributed by atoms with Gasteiger partial charge in [0.1, 0.15) is 4.21 Å². The highest BCUT2D eigenvalue weighted by atomic mass is 79.9. The van der Waals surface area contributed by atoms with Gasteiger partial charge in [0.15, 0.2) is 0 Å². The van der Waals surface area contributed by atoms with E-state index in [4.69, 9.17) is 17.1 Å². The van der Waals surface area contributed by atoms with Crippen molar-refractivity contribution in [2.24, 2.45) is 5.11 Å². The van der Waals surface area contributed by atoms with E-state index in [0.717, 1.165) is 11.3 Å². The van der Waals surface area contributed by atoms with Crippen LogP contribution in [0.5, 0.6) is 0 Å². The molecule has 0 spiro atoms. The number of halogens is 2. The van der Waals surface area contributed by atoms with E-state index in [2.05, 4.69) is 30.7 Å². The highest BCUT2D eigenvalue weighted by Gasteiger charge is 2.18. The molecule has 0 saturated heterocycles. The second-order valence-electron chi connectivity index (χ2n) is 2.89. The van der Waals surface area contributed by atoms with E-state index in [9.17, 15) is 8.42 Å². The molecule has 0 aliphatic carbocycles. The second kappa shape index (κ2) is 6.58. The zero-order chi connectivity index (χ0) is 12.9. The molecule has 0 fully saturated rings. The summed E-state index contributed by atoms with van der Waals surface area (Å²) in [4.78, 5) is 2.57. The maximum absolute atomic E-state index is 11.7. The van der Waals surface area contributed by atoms with Crippen molar-refractivity contribution >= 4 is 48.9 Å². The molecule has 1 rings (SSSR count). The minimum Gasteiger partial charge on any atom is -0.210 e. The van der Waals surface area contributed by atoms with Gasteiger partial charge in [-0.05, 0) is 33.9 Å². The first-order valence-electron chi connectivity index (χ1n) is 4.42. The molecule has 1 aromatic heterocycles. The van der Waals surface area contributed by atoms with Crippen LogP contribution in [0, 0.1) is 0 Å². The summed E-state index contributed by atoms with van der Waals surface area (Å²) in [5, 5.41) is 3.67. The lowest BCUT2D eigenvalue weighted by Crippen LogP contribution is -2.24. The lowest BCUT2D eigenvalue weighted by Gasteiger charge is -2.02. The third-order valence-electron chi connectivity index (χ3n) is 1.68. The average Bonchev–Trinajstić information content (AvgIpc) is 2.60. The van der Waals surface area contributed by atoms with Crippen LogP contribution in [0.4, 0.5) is 0 Å². The summed E-state index contributed by atoms with van der Waals surface area (Å²) in [5.74, 6) is 0. The number of sulfonamides is 1. The Bertz CT molecular complexity index is 519. The lowest BCUT2D eigenvalue weighted by molar-refractivity contribution is 0.581. The Hall–Kier alpha value is -0.310. The molecule has 0 amide bonds. The normalized spacial score (nSPS) is 11.2. The van der Waals surface area contributed by atoms with Crippen molar-refractivity contribution in [2.75, 3.05) is 13.1 Å². The molecule has 0 aliphatic rings. The Labute approximate surface area is 116 Å². The van der Waals surface area contributed by atoms with E-state index >= 15 is 0 Å². The molecule has 17 heavy (non-hydrogen) atoms. The van der Waals surface area contributed by atoms with Crippen LogP contribution in [-0.2, 0) is 10.0 Å². The molecule has 0 bridgehead atoms. The fraction of sp³-hybridized carbons (Fsp3) is 0.429. The van der Waals surface area contributed by atoms with Crippen molar-refractivity contribution in [3.8, 4) is 0 Å². The minimum atomic E-state index is -3.53. The molecular weight excluding hydrogens is 352 g/mol. The number of nitrogens with one attached hydrogen (secondary N) is 1. The predicted molar refractivity (Wildman–Crippen MR) is 70.8 cm³/mol. The van der Waals surface area contributed by atoms with Crippen LogP contribution in [0.15, 0.2) is 19.2 Å². The van der Waals surface area contributed by atoms with Gasteiger partial charge in [-0.1, -0.05) is 16.7 Å². The van der Waals surface area contributed by atoms with E-state index in [1.54, 1.807) is 0 Å². The summed E-state index contributed by atoms with van der Waals surface area (Å²) in [6, 6.07) is 1.38. The number of hydrogen-bond acceptors (Lipinski definition) is 4. The molecule has 1 aromatic rings. The summed E-state index contributed by atoms with van der Waals surface area (Å²) in [6.45, 7) is 0.475. The van der Waals surface area contributed by atoms with E-state index in [-0.39, 0.29) is 17.3 Å². The van der Waals surface area contributed by atoms with E-state index in [1.807, 2.05) is 0 Å². The molecule has 0 aliphatic heterocycles. The zero-order valence-electron chi connectivity index (χ0n) is 8.43. The van der Waals surface area contributed by atoms with Crippen molar-refractivity contribution in [1.82, 2.24) is 4.72 Å². The third-order valence-corrected chi connectivity index (χ3v) is 6.09. The molecule has 1 heterocycles. The van der Waals surface area contributed by atoms with Crippen LogP contribution in [0.3, 0.4) is 0 Å². The zero-order valence-corrected chi connectivity index (χ0v) is 12.4. The minimum absolute atomic E-state index is 0.151. The largest absolute Gasteiger partial charge is 0.250 e. The number of azide groups is 1. The second-order valence-corrected chi connectivity index (χ2v) is 7.66. The van der Waals surface area contributed by atoms with Crippen molar-refractivity contribution in [3.05, 3.63) is 25.3 Å². The Balaban J connectivity index is 2.60. The molecule has 0 saturated carbocycles. The molecular formula is C7H8BrClN4O2S2. The summed E-state index contributed by atoms with van der Waals surface area (Å²) >= 11 is 9.95. The van der Waals surface area contributed by atoms with Gasteiger partial charge in [0, 0.05) is 18.0 Å². The van der Waals surface area contributed by atoms with Crippen LogP contribution in [0.1, 0.15) is 6.42 Å². The smallest absolute Gasteiger partial charge is 0.210 e. The van der Waals surface area contributed by atoms with Gasteiger partial charge in [0.25, 0.3) is 0 Å². The third kappa shape index (κ3) is 4.46. The van der Waals surface area contributed by atoms with Gasteiger partial charge in [0.2, 0.25) is 10.0 Å².